The van der Waals surface area contributed by atoms with E-state index in [1.54, 1.807) is 4.90 Å². The fraction of sp³-hybridized carbons (Fsp3) is 0.900. The maximum Gasteiger partial charge on any atom is 0.251 e. The molecular weight excluding hydrogens is 246 g/mol. The fourth-order valence-corrected chi connectivity index (χ4v) is 2.08. The summed E-state index contributed by atoms with van der Waals surface area (Å²) in [6.07, 6.45) is 2.87. The summed E-state index contributed by atoms with van der Waals surface area (Å²) in [4.78, 5) is 13.9. The molecule has 0 N–H and O–H groups in total. The molecule has 1 heterocycles. The second-order valence-electron chi connectivity index (χ2n) is 3.85. The molecule has 4 heteroatoms. The molecule has 0 bridgehead atoms. The lowest BCUT2D eigenvalue weighted by atomic mass is 10.1. The Bertz CT molecular complexity index is 191. The van der Waals surface area contributed by atoms with Crippen molar-refractivity contribution in [3.05, 3.63) is 0 Å². The molecule has 14 heavy (non-hydrogen) atoms. The highest BCUT2D eigenvalue weighted by Gasteiger charge is 2.25. The van der Waals surface area contributed by atoms with Gasteiger partial charge in [-0.3, -0.25) is 4.79 Å². The Labute approximate surface area is 93.9 Å². The topological polar surface area (TPSA) is 29.5 Å². The van der Waals surface area contributed by atoms with Crippen LogP contribution in [0.2, 0.25) is 0 Å². The fourth-order valence-electron chi connectivity index (χ4n) is 1.65. The Balaban J connectivity index is 2.38. The molecule has 2 unspecified atom stereocenters. The largest absolute Gasteiger partial charge is 0.368 e. The van der Waals surface area contributed by atoms with Gasteiger partial charge in [0, 0.05) is 25.0 Å². The van der Waals surface area contributed by atoms with Crippen molar-refractivity contribution in [2.45, 2.75) is 37.1 Å². The van der Waals surface area contributed by atoms with E-state index >= 15 is 0 Å². The number of carbonyl (C=O) groups excluding carboxylic acids is 1. The van der Waals surface area contributed by atoms with E-state index in [-0.39, 0.29) is 12.0 Å². The van der Waals surface area contributed by atoms with Crippen LogP contribution in [0.5, 0.6) is 0 Å². The Hall–Kier alpha value is -0.0900. The molecule has 1 rings (SSSR count). The summed E-state index contributed by atoms with van der Waals surface area (Å²) in [6, 6.07) is 0. The number of alkyl halides is 1. The first-order chi connectivity index (χ1) is 6.61. The second kappa shape index (κ2) is 5.71. The maximum atomic E-state index is 11.8. The summed E-state index contributed by atoms with van der Waals surface area (Å²) >= 11 is 3.43. The zero-order valence-corrected chi connectivity index (χ0v) is 10.4. The molecule has 0 aromatic carbocycles. The Kier molecular flexibility index (Phi) is 4.89. The predicted molar refractivity (Wildman–Crippen MR) is 59.6 cm³/mol. The van der Waals surface area contributed by atoms with E-state index < -0.39 is 0 Å². The van der Waals surface area contributed by atoms with Crippen molar-refractivity contribution in [3.8, 4) is 0 Å². The van der Waals surface area contributed by atoms with Crippen LogP contribution in [0, 0.1) is 0 Å². The van der Waals surface area contributed by atoms with Crippen LogP contribution in [-0.2, 0) is 9.53 Å². The third-order valence-corrected chi connectivity index (χ3v) is 2.65. The maximum absolute atomic E-state index is 11.8. The van der Waals surface area contributed by atoms with Crippen LogP contribution in [0.25, 0.3) is 0 Å². The van der Waals surface area contributed by atoms with Crippen LogP contribution in [0.3, 0.4) is 0 Å². The van der Waals surface area contributed by atoms with Gasteiger partial charge in [0.1, 0.15) is 6.10 Å². The number of ether oxygens (including phenoxy) is 1. The Morgan fingerprint density at radius 3 is 2.86 bits per heavy atom. The molecule has 1 aliphatic rings. The molecule has 82 valence electrons. The summed E-state index contributed by atoms with van der Waals surface area (Å²) in [5, 5.41) is 0. The SMILES string of the molecule is CC(Br)CN(C)C(=O)C1CCCCO1. The Morgan fingerprint density at radius 2 is 2.36 bits per heavy atom. The Morgan fingerprint density at radius 1 is 1.64 bits per heavy atom. The van der Waals surface area contributed by atoms with Crippen LogP contribution >= 0.6 is 15.9 Å². The number of nitrogens with zero attached hydrogens (tertiary/aromatic N) is 1. The van der Waals surface area contributed by atoms with Crippen LogP contribution in [0.1, 0.15) is 26.2 Å². The second-order valence-corrected chi connectivity index (χ2v) is 5.42. The van der Waals surface area contributed by atoms with Crippen molar-refractivity contribution in [2.75, 3.05) is 20.2 Å². The van der Waals surface area contributed by atoms with Crippen molar-refractivity contribution in [2.24, 2.45) is 0 Å². The first-order valence-corrected chi connectivity index (χ1v) is 6.03. The number of hydrogen-bond acceptors (Lipinski definition) is 2. The van der Waals surface area contributed by atoms with Gasteiger partial charge in [-0.05, 0) is 19.3 Å². The van der Waals surface area contributed by atoms with Crippen molar-refractivity contribution in [1.82, 2.24) is 4.90 Å². The third kappa shape index (κ3) is 3.58. The van der Waals surface area contributed by atoms with Gasteiger partial charge in [0.2, 0.25) is 0 Å². The highest BCUT2D eigenvalue weighted by atomic mass is 79.9. The quantitative estimate of drug-likeness (QED) is 0.727. The molecule has 0 spiro atoms. The lowest BCUT2D eigenvalue weighted by Crippen LogP contribution is -2.41. The molecule has 0 aliphatic carbocycles. The van der Waals surface area contributed by atoms with E-state index in [4.69, 9.17) is 4.74 Å². The van der Waals surface area contributed by atoms with E-state index in [0.29, 0.717) is 4.83 Å². The monoisotopic (exact) mass is 263 g/mol. The normalized spacial score (nSPS) is 24.4. The van der Waals surface area contributed by atoms with Crippen molar-refractivity contribution >= 4 is 21.8 Å². The molecule has 0 aromatic rings. The van der Waals surface area contributed by atoms with Crippen LogP contribution in [0.4, 0.5) is 0 Å². The summed E-state index contributed by atoms with van der Waals surface area (Å²) in [7, 11) is 1.83. The first-order valence-electron chi connectivity index (χ1n) is 5.12. The smallest absolute Gasteiger partial charge is 0.251 e. The summed E-state index contributed by atoms with van der Waals surface area (Å²) in [5.41, 5.74) is 0. The lowest BCUT2D eigenvalue weighted by Gasteiger charge is -2.27. The van der Waals surface area contributed by atoms with Gasteiger partial charge < -0.3 is 9.64 Å². The molecule has 0 radical (unpaired) electrons. The molecule has 2 atom stereocenters. The van der Waals surface area contributed by atoms with Gasteiger partial charge in [-0.15, -0.1) is 0 Å². The third-order valence-electron chi connectivity index (χ3n) is 2.36. The van der Waals surface area contributed by atoms with Crippen LogP contribution < -0.4 is 0 Å². The average molecular weight is 264 g/mol. The predicted octanol–water partition coefficient (Wildman–Crippen LogP) is 1.80. The minimum Gasteiger partial charge on any atom is -0.368 e. The standard InChI is InChI=1S/C10H18BrNO2/c1-8(11)7-12(2)10(13)9-5-3-4-6-14-9/h8-9H,3-7H2,1-2H3. The number of rotatable bonds is 3. The minimum atomic E-state index is -0.194. The van der Waals surface area contributed by atoms with E-state index in [1.165, 1.54) is 0 Å². The zero-order chi connectivity index (χ0) is 10.6. The van der Waals surface area contributed by atoms with E-state index in [0.717, 1.165) is 32.4 Å². The van der Waals surface area contributed by atoms with E-state index in [1.807, 2.05) is 14.0 Å². The highest BCUT2D eigenvalue weighted by Crippen LogP contribution is 2.15. The van der Waals surface area contributed by atoms with E-state index in [9.17, 15) is 4.79 Å². The van der Waals surface area contributed by atoms with Crippen LogP contribution in [-0.4, -0.2) is 41.9 Å². The molecular formula is C10H18BrNO2. The van der Waals surface area contributed by atoms with Gasteiger partial charge in [0.15, 0.2) is 0 Å². The van der Waals surface area contributed by atoms with Crippen molar-refractivity contribution in [3.63, 3.8) is 0 Å². The molecule has 0 aromatic heterocycles. The average Bonchev–Trinajstić information content (AvgIpc) is 2.17. The van der Waals surface area contributed by atoms with Crippen LogP contribution in [0.15, 0.2) is 0 Å². The van der Waals surface area contributed by atoms with Gasteiger partial charge in [0.25, 0.3) is 5.91 Å². The lowest BCUT2D eigenvalue weighted by molar-refractivity contribution is -0.145. The number of carbonyl (C=O) groups is 1. The minimum absolute atomic E-state index is 0.121. The van der Waals surface area contributed by atoms with Gasteiger partial charge in [-0.25, -0.2) is 0 Å². The van der Waals surface area contributed by atoms with Crippen molar-refractivity contribution < 1.29 is 9.53 Å². The highest BCUT2D eigenvalue weighted by molar-refractivity contribution is 9.09. The van der Waals surface area contributed by atoms with E-state index in [2.05, 4.69) is 15.9 Å². The molecule has 1 fully saturated rings. The number of hydrogen-bond donors (Lipinski definition) is 0. The number of halogens is 1. The van der Waals surface area contributed by atoms with Crippen molar-refractivity contribution in [1.29, 1.82) is 0 Å². The summed E-state index contributed by atoms with van der Waals surface area (Å²) in [6.45, 7) is 3.50. The van der Waals surface area contributed by atoms with Gasteiger partial charge in [-0.1, -0.05) is 22.9 Å². The number of amides is 1. The molecule has 1 saturated heterocycles. The zero-order valence-electron chi connectivity index (χ0n) is 8.83. The molecule has 3 nitrogen and oxygen atoms in total. The summed E-state index contributed by atoms with van der Waals surface area (Å²) in [5.74, 6) is 0.121. The van der Waals surface area contributed by atoms with Gasteiger partial charge in [-0.2, -0.15) is 0 Å². The summed E-state index contributed by atoms with van der Waals surface area (Å²) < 4.78 is 5.44. The van der Waals surface area contributed by atoms with Gasteiger partial charge in [0.05, 0.1) is 0 Å². The molecule has 1 aliphatic heterocycles. The molecule has 0 saturated carbocycles. The van der Waals surface area contributed by atoms with Gasteiger partial charge >= 0.3 is 0 Å². The first kappa shape index (κ1) is 12.0. The number of likely N-dealkylation sites (N-methyl/N-ethyl adjacent to an activating group) is 1. The molecule has 1 amide bonds.